The summed E-state index contributed by atoms with van der Waals surface area (Å²) in [6, 6.07) is 0. The van der Waals surface area contributed by atoms with Crippen LogP contribution >= 0.6 is 0 Å². The number of nitrogens with zero attached hydrogens (tertiary/aromatic N) is 2. The first-order valence-electron chi connectivity index (χ1n) is 5.93. The molecular formula is C12H22N2O. The zero-order valence-electron chi connectivity index (χ0n) is 10.3. The Bertz CT molecular complexity index is 281. The van der Waals surface area contributed by atoms with E-state index in [1.807, 2.05) is 6.92 Å². The molecule has 86 valence electrons. The molecule has 3 heteroatoms. The molecule has 1 rings (SSSR count). The number of aromatic nitrogens is 2. The van der Waals surface area contributed by atoms with Crippen molar-refractivity contribution in [1.82, 2.24) is 10.1 Å². The topological polar surface area (TPSA) is 38.9 Å². The second-order valence-electron chi connectivity index (χ2n) is 4.60. The fourth-order valence-corrected chi connectivity index (χ4v) is 1.77. The maximum atomic E-state index is 5.01. The Morgan fingerprint density at radius 3 is 2.47 bits per heavy atom. The molecule has 0 amide bonds. The van der Waals surface area contributed by atoms with Crippen LogP contribution in [-0.4, -0.2) is 10.1 Å². The van der Waals surface area contributed by atoms with Gasteiger partial charge < -0.3 is 4.52 Å². The van der Waals surface area contributed by atoms with Crippen molar-refractivity contribution in [1.29, 1.82) is 0 Å². The Labute approximate surface area is 92.3 Å². The van der Waals surface area contributed by atoms with Gasteiger partial charge in [-0.15, -0.1) is 0 Å². The molecule has 0 aliphatic carbocycles. The van der Waals surface area contributed by atoms with E-state index in [1.54, 1.807) is 0 Å². The van der Waals surface area contributed by atoms with Crippen molar-refractivity contribution >= 4 is 0 Å². The van der Waals surface area contributed by atoms with E-state index in [0.29, 0.717) is 11.8 Å². The zero-order chi connectivity index (χ0) is 11.3. The predicted molar refractivity (Wildman–Crippen MR) is 60.8 cm³/mol. The molecule has 1 aromatic rings. The largest absolute Gasteiger partial charge is 0.340 e. The minimum Gasteiger partial charge on any atom is -0.340 e. The Balaban J connectivity index is 2.42. The van der Waals surface area contributed by atoms with Crippen molar-refractivity contribution in [3.8, 4) is 0 Å². The van der Waals surface area contributed by atoms with Gasteiger partial charge in [0.25, 0.3) is 0 Å². The molecule has 0 aliphatic heterocycles. The average Bonchev–Trinajstić information content (AvgIpc) is 2.59. The SMILES string of the molecule is CCC(CCCC(C)C)c1noc(C)n1. The zero-order valence-corrected chi connectivity index (χ0v) is 10.3. The van der Waals surface area contributed by atoms with Crippen molar-refractivity contribution in [2.75, 3.05) is 0 Å². The molecule has 1 unspecified atom stereocenters. The molecule has 0 aromatic carbocycles. The highest BCUT2D eigenvalue weighted by atomic mass is 16.5. The van der Waals surface area contributed by atoms with Gasteiger partial charge in [-0.2, -0.15) is 4.98 Å². The predicted octanol–water partition coefficient (Wildman–Crippen LogP) is 3.70. The summed E-state index contributed by atoms with van der Waals surface area (Å²) in [6.07, 6.45) is 4.81. The maximum absolute atomic E-state index is 5.01. The lowest BCUT2D eigenvalue weighted by Crippen LogP contribution is -2.01. The quantitative estimate of drug-likeness (QED) is 0.718. The summed E-state index contributed by atoms with van der Waals surface area (Å²) in [6.45, 7) is 8.56. The summed E-state index contributed by atoms with van der Waals surface area (Å²) in [5.74, 6) is 2.82. The number of hydrogen-bond acceptors (Lipinski definition) is 3. The summed E-state index contributed by atoms with van der Waals surface area (Å²) in [4.78, 5) is 4.30. The third-order valence-corrected chi connectivity index (χ3v) is 2.74. The van der Waals surface area contributed by atoms with Crippen LogP contribution in [0, 0.1) is 12.8 Å². The third-order valence-electron chi connectivity index (χ3n) is 2.74. The van der Waals surface area contributed by atoms with Crippen LogP contribution in [0.25, 0.3) is 0 Å². The minimum atomic E-state index is 0.473. The van der Waals surface area contributed by atoms with Crippen LogP contribution in [0.5, 0.6) is 0 Å². The summed E-state index contributed by atoms with van der Waals surface area (Å²) in [5.41, 5.74) is 0. The first kappa shape index (κ1) is 12.2. The van der Waals surface area contributed by atoms with Gasteiger partial charge in [0.15, 0.2) is 5.82 Å². The van der Waals surface area contributed by atoms with E-state index < -0.39 is 0 Å². The van der Waals surface area contributed by atoms with Crippen LogP contribution in [0.4, 0.5) is 0 Å². The van der Waals surface area contributed by atoms with Crippen molar-refractivity contribution in [2.45, 2.75) is 59.3 Å². The van der Waals surface area contributed by atoms with Crippen LogP contribution in [-0.2, 0) is 0 Å². The van der Waals surface area contributed by atoms with Gasteiger partial charge in [0.1, 0.15) is 0 Å². The van der Waals surface area contributed by atoms with Crippen molar-refractivity contribution < 1.29 is 4.52 Å². The Morgan fingerprint density at radius 1 is 1.27 bits per heavy atom. The molecule has 0 saturated carbocycles. The van der Waals surface area contributed by atoms with Crippen LogP contribution < -0.4 is 0 Å². The van der Waals surface area contributed by atoms with E-state index >= 15 is 0 Å². The van der Waals surface area contributed by atoms with Gasteiger partial charge in [0, 0.05) is 12.8 Å². The van der Waals surface area contributed by atoms with Gasteiger partial charge in [0.2, 0.25) is 5.89 Å². The Hall–Kier alpha value is -0.860. The van der Waals surface area contributed by atoms with E-state index in [9.17, 15) is 0 Å². The van der Waals surface area contributed by atoms with Gasteiger partial charge in [-0.3, -0.25) is 0 Å². The summed E-state index contributed by atoms with van der Waals surface area (Å²) in [7, 11) is 0. The van der Waals surface area contributed by atoms with E-state index in [1.165, 1.54) is 19.3 Å². The molecule has 0 bridgehead atoms. The maximum Gasteiger partial charge on any atom is 0.223 e. The second-order valence-corrected chi connectivity index (χ2v) is 4.60. The standard InChI is InChI=1S/C12H22N2O/c1-5-11(8-6-7-9(2)3)12-13-10(4)15-14-12/h9,11H,5-8H2,1-4H3. The third kappa shape index (κ3) is 4.02. The summed E-state index contributed by atoms with van der Waals surface area (Å²) < 4.78 is 5.01. The first-order chi connectivity index (χ1) is 7.13. The fraction of sp³-hybridized carbons (Fsp3) is 0.833. The molecule has 0 radical (unpaired) electrons. The van der Waals surface area contributed by atoms with Crippen LogP contribution in [0.3, 0.4) is 0 Å². The normalized spacial score (nSPS) is 13.4. The molecular weight excluding hydrogens is 188 g/mol. The Kier molecular flexibility index (Phi) is 4.79. The van der Waals surface area contributed by atoms with Gasteiger partial charge in [-0.1, -0.05) is 38.8 Å². The molecule has 15 heavy (non-hydrogen) atoms. The van der Waals surface area contributed by atoms with Gasteiger partial charge in [-0.25, -0.2) is 0 Å². The molecule has 0 N–H and O–H groups in total. The molecule has 0 aliphatic rings. The van der Waals surface area contributed by atoms with Crippen LogP contribution in [0.1, 0.15) is 64.1 Å². The fourth-order valence-electron chi connectivity index (χ4n) is 1.77. The van der Waals surface area contributed by atoms with Crippen LogP contribution in [0.15, 0.2) is 4.52 Å². The minimum absolute atomic E-state index is 0.473. The van der Waals surface area contributed by atoms with Crippen molar-refractivity contribution in [3.63, 3.8) is 0 Å². The molecule has 0 saturated heterocycles. The molecule has 3 nitrogen and oxygen atoms in total. The van der Waals surface area contributed by atoms with Crippen LogP contribution in [0.2, 0.25) is 0 Å². The molecule has 1 atom stereocenters. The second kappa shape index (κ2) is 5.89. The highest BCUT2D eigenvalue weighted by Crippen LogP contribution is 2.23. The molecule has 0 fully saturated rings. The number of aryl methyl sites for hydroxylation is 1. The van der Waals surface area contributed by atoms with E-state index in [0.717, 1.165) is 18.2 Å². The lowest BCUT2D eigenvalue weighted by Gasteiger charge is -2.11. The Morgan fingerprint density at radius 2 is 2.00 bits per heavy atom. The monoisotopic (exact) mass is 210 g/mol. The van der Waals surface area contributed by atoms with Gasteiger partial charge in [0.05, 0.1) is 0 Å². The average molecular weight is 210 g/mol. The highest BCUT2D eigenvalue weighted by Gasteiger charge is 2.15. The lowest BCUT2D eigenvalue weighted by molar-refractivity contribution is 0.378. The molecule has 1 heterocycles. The van der Waals surface area contributed by atoms with Gasteiger partial charge in [-0.05, 0) is 18.8 Å². The number of hydrogen-bond donors (Lipinski definition) is 0. The lowest BCUT2D eigenvalue weighted by atomic mass is 9.96. The smallest absolute Gasteiger partial charge is 0.223 e. The van der Waals surface area contributed by atoms with E-state index in [2.05, 4.69) is 30.9 Å². The van der Waals surface area contributed by atoms with Crippen molar-refractivity contribution in [3.05, 3.63) is 11.7 Å². The first-order valence-corrected chi connectivity index (χ1v) is 5.93. The van der Waals surface area contributed by atoms with Crippen molar-refractivity contribution in [2.24, 2.45) is 5.92 Å². The van der Waals surface area contributed by atoms with E-state index in [4.69, 9.17) is 4.52 Å². The number of rotatable bonds is 6. The highest BCUT2D eigenvalue weighted by molar-refractivity contribution is 4.93. The summed E-state index contributed by atoms with van der Waals surface area (Å²) in [5, 5.41) is 4.00. The summed E-state index contributed by atoms with van der Waals surface area (Å²) >= 11 is 0. The molecule has 0 spiro atoms. The van der Waals surface area contributed by atoms with Gasteiger partial charge >= 0.3 is 0 Å². The molecule has 1 aromatic heterocycles. The van der Waals surface area contributed by atoms with E-state index in [-0.39, 0.29) is 0 Å².